The van der Waals surface area contributed by atoms with E-state index in [2.05, 4.69) is 33.2 Å². The molecule has 1 aliphatic heterocycles. The Balaban J connectivity index is 1.49. The Morgan fingerprint density at radius 3 is 2.73 bits per heavy atom. The molecule has 2 aliphatic rings. The van der Waals surface area contributed by atoms with Gasteiger partial charge in [0, 0.05) is 30.1 Å². The SMILES string of the molecule is CC1(Nc2ncnc3ccc(C#N)cc23)CCC(N2CCOCC2)CC1. The third-order valence-corrected chi connectivity index (χ3v) is 5.81. The van der Waals surface area contributed by atoms with Crippen LogP contribution < -0.4 is 5.32 Å². The van der Waals surface area contributed by atoms with E-state index in [1.807, 2.05) is 12.1 Å². The van der Waals surface area contributed by atoms with Crippen molar-refractivity contribution in [2.75, 3.05) is 31.6 Å². The van der Waals surface area contributed by atoms with E-state index in [1.54, 1.807) is 12.4 Å². The molecule has 0 spiro atoms. The Morgan fingerprint density at radius 1 is 1.23 bits per heavy atom. The number of ether oxygens (including phenoxy) is 1. The molecule has 0 bridgehead atoms. The second-order valence-electron chi connectivity index (χ2n) is 7.63. The van der Waals surface area contributed by atoms with E-state index in [4.69, 9.17) is 4.74 Å². The number of hydrogen-bond donors (Lipinski definition) is 1. The summed E-state index contributed by atoms with van der Waals surface area (Å²) in [6.07, 6.45) is 6.20. The lowest BCUT2D eigenvalue weighted by Crippen LogP contribution is -2.49. The highest BCUT2D eigenvalue weighted by atomic mass is 16.5. The second kappa shape index (κ2) is 7.18. The molecule has 0 amide bonds. The van der Waals surface area contributed by atoms with Gasteiger partial charge in [0.15, 0.2) is 0 Å². The standard InChI is InChI=1S/C20H25N5O/c1-20(6-4-16(5-7-20)25-8-10-26-11-9-25)24-19-17-12-15(13-21)2-3-18(17)22-14-23-19/h2-3,12,14,16H,4-11H2,1H3,(H,22,23,24). The van der Waals surface area contributed by atoms with Gasteiger partial charge in [0.25, 0.3) is 0 Å². The van der Waals surface area contributed by atoms with Gasteiger partial charge >= 0.3 is 0 Å². The minimum Gasteiger partial charge on any atom is -0.379 e. The maximum absolute atomic E-state index is 9.19. The fourth-order valence-corrected chi connectivity index (χ4v) is 4.18. The van der Waals surface area contributed by atoms with Crippen molar-refractivity contribution >= 4 is 16.7 Å². The predicted octanol–water partition coefficient (Wildman–Crippen LogP) is 2.95. The summed E-state index contributed by atoms with van der Waals surface area (Å²) >= 11 is 0. The van der Waals surface area contributed by atoms with Crippen LogP contribution in [0.25, 0.3) is 10.9 Å². The fourth-order valence-electron chi connectivity index (χ4n) is 4.18. The van der Waals surface area contributed by atoms with E-state index >= 15 is 0 Å². The Labute approximate surface area is 154 Å². The van der Waals surface area contributed by atoms with Crippen LogP contribution in [-0.4, -0.2) is 52.8 Å². The van der Waals surface area contributed by atoms with E-state index in [1.165, 1.54) is 12.8 Å². The van der Waals surface area contributed by atoms with Gasteiger partial charge < -0.3 is 10.1 Å². The molecule has 1 aromatic heterocycles. The summed E-state index contributed by atoms with van der Waals surface area (Å²) in [4.78, 5) is 11.4. The lowest BCUT2D eigenvalue weighted by molar-refractivity contribution is 0.00490. The molecule has 0 atom stereocenters. The number of rotatable bonds is 3. The molecule has 4 rings (SSSR count). The molecule has 26 heavy (non-hydrogen) atoms. The number of hydrogen-bond acceptors (Lipinski definition) is 6. The molecule has 6 nitrogen and oxygen atoms in total. The maximum Gasteiger partial charge on any atom is 0.137 e. The molecular formula is C20H25N5O. The minimum absolute atomic E-state index is 0.0206. The predicted molar refractivity (Wildman–Crippen MR) is 101 cm³/mol. The fraction of sp³-hybridized carbons (Fsp3) is 0.550. The van der Waals surface area contributed by atoms with Crippen molar-refractivity contribution in [2.24, 2.45) is 0 Å². The van der Waals surface area contributed by atoms with Gasteiger partial charge in [-0.2, -0.15) is 5.26 Å². The highest BCUT2D eigenvalue weighted by Gasteiger charge is 2.34. The number of nitrogens with zero attached hydrogens (tertiary/aromatic N) is 4. The van der Waals surface area contributed by atoms with Gasteiger partial charge in [-0.25, -0.2) is 9.97 Å². The number of anilines is 1. The van der Waals surface area contributed by atoms with Crippen molar-refractivity contribution in [2.45, 2.75) is 44.2 Å². The summed E-state index contributed by atoms with van der Waals surface area (Å²) in [5, 5.41) is 13.8. The van der Waals surface area contributed by atoms with Crippen LogP contribution in [0.1, 0.15) is 38.2 Å². The summed E-state index contributed by atoms with van der Waals surface area (Å²) in [5.74, 6) is 0.833. The van der Waals surface area contributed by atoms with E-state index in [0.717, 1.165) is 55.9 Å². The van der Waals surface area contributed by atoms with Gasteiger partial charge in [0.2, 0.25) is 0 Å². The summed E-state index contributed by atoms with van der Waals surface area (Å²) < 4.78 is 5.48. The minimum atomic E-state index is 0.0206. The molecule has 1 saturated carbocycles. The first-order valence-electron chi connectivity index (χ1n) is 9.42. The molecule has 6 heteroatoms. The number of nitrogens with one attached hydrogen (secondary N) is 1. The number of aromatic nitrogens is 2. The van der Waals surface area contributed by atoms with Gasteiger partial charge in [0.1, 0.15) is 12.1 Å². The van der Waals surface area contributed by atoms with Crippen molar-refractivity contribution in [3.63, 3.8) is 0 Å². The zero-order chi connectivity index (χ0) is 18.0. The van der Waals surface area contributed by atoms with Gasteiger partial charge in [-0.15, -0.1) is 0 Å². The Hall–Kier alpha value is -2.23. The molecular weight excluding hydrogens is 326 g/mol. The number of benzene rings is 1. The van der Waals surface area contributed by atoms with Gasteiger partial charge in [-0.05, 0) is 50.8 Å². The first-order chi connectivity index (χ1) is 12.7. The van der Waals surface area contributed by atoms with Crippen LogP contribution in [0.4, 0.5) is 5.82 Å². The van der Waals surface area contributed by atoms with Gasteiger partial charge in [0.05, 0.1) is 30.4 Å². The first kappa shape index (κ1) is 17.2. The molecule has 1 aromatic carbocycles. The number of nitriles is 1. The lowest BCUT2D eigenvalue weighted by atomic mass is 9.80. The molecule has 1 saturated heterocycles. The summed E-state index contributed by atoms with van der Waals surface area (Å²) in [6, 6.07) is 8.43. The summed E-state index contributed by atoms with van der Waals surface area (Å²) in [5.41, 5.74) is 1.52. The molecule has 1 N–H and O–H groups in total. The Morgan fingerprint density at radius 2 is 2.00 bits per heavy atom. The zero-order valence-corrected chi connectivity index (χ0v) is 15.2. The molecule has 2 aromatic rings. The van der Waals surface area contributed by atoms with Crippen LogP contribution in [0.3, 0.4) is 0 Å². The van der Waals surface area contributed by atoms with Crippen molar-refractivity contribution in [1.82, 2.24) is 14.9 Å². The maximum atomic E-state index is 9.19. The van der Waals surface area contributed by atoms with Crippen molar-refractivity contribution in [3.8, 4) is 6.07 Å². The Kier molecular flexibility index (Phi) is 4.75. The third kappa shape index (κ3) is 3.50. The molecule has 2 heterocycles. The lowest BCUT2D eigenvalue weighted by Gasteiger charge is -2.43. The van der Waals surface area contributed by atoms with Gasteiger partial charge in [-0.1, -0.05) is 0 Å². The summed E-state index contributed by atoms with van der Waals surface area (Å²) in [6.45, 7) is 6.12. The largest absolute Gasteiger partial charge is 0.379 e. The van der Waals surface area contributed by atoms with Crippen molar-refractivity contribution in [3.05, 3.63) is 30.1 Å². The normalized spacial score (nSPS) is 27.2. The number of fused-ring (bicyclic) bond motifs is 1. The van der Waals surface area contributed by atoms with Crippen LogP contribution in [0.5, 0.6) is 0 Å². The topological polar surface area (TPSA) is 74.1 Å². The van der Waals surface area contributed by atoms with Gasteiger partial charge in [-0.3, -0.25) is 4.90 Å². The van der Waals surface area contributed by atoms with E-state index in [0.29, 0.717) is 11.6 Å². The van der Waals surface area contributed by atoms with Crippen LogP contribution >= 0.6 is 0 Å². The first-order valence-corrected chi connectivity index (χ1v) is 9.42. The average molecular weight is 351 g/mol. The van der Waals surface area contributed by atoms with E-state index in [-0.39, 0.29) is 5.54 Å². The molecule has 0 radical (unpaired) electrons. The van der Waals surface area contributed by atoms with E-state index in [9.17, 15) is 5.26 Å². The monoisotopic (exact) mass is 351 g/mol. The molecule has 136 valence electrons. The third-order valence-electron chi connectivity index (χ3n) is 5.81. The Bertz CT molecular complexity index is 817. The summed E-state index contributed by atoms with van der Waals surface area (Å²) in [7, 11) is 0. The van der Waals surface area contributed by atoms with Crippen LogP contribution in [-0.2, 0) is 4.74 Å². The smallest absolute Gasteiger partial charge is 0.137 e. The highest BCUT2D eigenvalue weighted by Crippen LogP contribution is 2.35. The van der Waals surface area contributed by atoms with Crippen LogP contribution in [0.15, 0.2) is 24.5 Å². The average Bonchev–Trinajstić information content (AvgIpc) is 2.69. The number of morpholine rings is 1. The van der Waals surface area contributed by atoms with Crippen LogP contribution in [0, 0.1) is 11.3 Å². The van der Waals surface area contributed by atoms with Crippen molar-refractivity contribution < 1.29 is 4.74 Å². The molecule has 2 fully saturated rings. The van der Waals surface area contributed by atoms with E-state index < -0.39 is 0 Å². The zero-order valence-electron chi connectivity index (χ0n) is 15.2. The molecule has 1 aliphatic carbocycles. The highest BCUT2D eigenvalue weighted by molar-refractivity contribution is 5.90. The second-order valence-corrected chi connectivity index (χ2v) is 7.63. The van der Waals surface area contributed by atoms with Crippen molar-refractivity contribution in [1.29, 1.82) is 5.26 Å². The van der Waals surface area contributed by atoms with Crippen LogP contribution in [0.2, 0.25) is 0 Å². The quantitative estimate of drug-likeness (QED) is 0.916. The molecule has 0 unspecified atom stereocenters.